The van der Waals surface area contributed by atoms with Crippen LogP contribution in [-0.4, -0.2) is 70.7 Å². The quantitative estimate of drug-likeness (QED) is 0.292. The third kappa shape index (κ3) is 11.4. The third-order valence-corrected chi connectivity index (χ3v) is 3.83. The van der Waals surface area contributed by atoms with E-state index in [1.54, 1.807) is 0 Å². The van der Waals surface area contributed by atoms with Crippen LogP contribution in [0.2, 0.25) is 0 Å². The molecule has 0 fully saturated rings. The Balaban J connectivity index is 3.61. The molecule has 0 spiro atoms. The largest absolute Gasteiger partial charge is 0.388 e. The fourth-order valence-corrected chi connectivity index (χ4v) is 2.25. The van der Waals surface area contributed by atoms with Gasteiger partial charge < -0.3 is 24.8 Å². The number of aliphatic hydroxyl groups excluding tert-OH is 3. The van der Waals surface area contributed by atoms with E-state index in [0.717, 1.165) is 36.3 Å². The minimum atomic E-state index is -1.25. The van der Waals surface area contributed by atoms with Crippen LogP contribution in [0.3, 0.4) is 0 Å². The van der Waals surface area contributed by atoms with Gasteiger partial charge in [-0.3, -0.25) is 0 Å². The second kappa shape index (κ2) is 14.7. The van der Waals surface area contributed by atoms with Crippen LogP contribution in [0.15, 0.2) is 0 Å². The average molecular weight is 422 g/mol. The highest BCUT2D eigenvalue weighted by molar-refractivity contribution is 9.09. The maximum atomic E-state index is 9.72. The van der Waals surface area contributed by atoms with E-state index in [4.69, 9.17) is 9.47 Å². The van der Waals surface area contributed by atoms with Crippen molar-refractivity contribution in [1.82, 2.24) is 0 Å². The lowest BCUT2D eigenvalue weighted by Crippen LogP contribution is -2.42. The van der Waals surface area contributed by atoms with Crippen LogP contribution in [0.25, 0.3) is 0 Å². The molecule has 2 unspecified atom stereocenters. The van der Waals surface area contributed by atoms with Crippen molar-refractivity contribution >= 4 is 31.9 Å². The molecule has 0 aromatic heterocycles. The predicted molar refractivity (Wildman–Crippen MR) is 85.7 cm³/mol. The lowest BCUT2D eigenvalue weighted by Gasteiger charge is -2.22. The van der Waals surface area contributed by atoms with E-state index in [-0.39, 0.29) is 13.2 Å². The maximum Gasteiger partial charge on any atom is 0.110 e. The molecule has 7 heteroatoms. The van der Waals surface area contributed by atoms with Gasteiger partial charge in [-0.25, -0.2) is 0 Å². The van der Waals surface area contributed by atoms with Crippen molar-refractivity contribution in [2.75, 3.05) is 37.1 Å². The zero-order valence-electron chi connectivity index (χ0n) is 11.7. The molecule has 0 aliphatic carbocycles. The number of unbranched alkanes of at least 4 members (excludes halogenated alkanes) is 2. The van der Waals surface area contributed by atoms with Crippen molar-refractivity contribution in [2.24, 2.45) is 0 Å². The number of rotatable bonds is 14. The molecule has 0 rings (SSSR count). The van der Waals surface area contributed by atoms with E-state index >= 15 is 0 Å². The van der Waals surface area contributed by atoms with Crippen LogP contribution in [-0.2, 0) is 9.47 Å². The lowest BCUT2D eigenvalue weighted by atomic mass is 10.1. The monoisotopic (exact) mass is 420 g/mol. The van der Waals surface area contributed by atoms with E-state index in [0.29, 0.717) is 13.2 Å². The minimum Gasteiger partial charge on any atom is -0.388 e. The van der Waals surface area contributed by atoms with E-state index in [1.165, 1.54) is 0 Å². The van der Waals surface area contributed by atoms with Crippen LogP contribution >= 0.6 is 31.9 Å². The van der Waals surface area contributed by atoms with Crippen molar-refractivity contribution in [1.29, 1.82) is 0 Å². The van der Waals surface area contributed by atoms with Gasteiger partial charge in [0.05, 0.1) is 13.2 Å². The fourth-order valence-electron chi connectivity index (χ4n) is 1.46. The third-order valence-electron chi connectivity index (χ3n) is 2.71. The van der Waals surface area contributed by atoms with Gasteiger partial charge in [-0.15, -0.1) is 0 Å². The Kier molecular flexibility index (Phi) is 15.2. The predicted octanol–water partition coefficient (Wildman–Crippen LogP) is 1.45. The summed E-state index contributed by atoms with van der Waals surface area (Å²) >= 11 is 6.64. The summed E-state index contributed by atoms with van der Waals surface area (Å²) in [5.41, 5.74) is 0. The topological polar surface area (TPSA) is 79.2 Å². The molecule has 0 bridgehead atoms. The zero-order chi connectivity index (χ0) is 15.2. The van der Waals surface area contributed by atoms with Crippen molar-refractivity contribution in [3.05, 3.63) is 0 Å². The molecular formula is C13H26Br2O5. The van der Waals surface area contributed by atoms with Gasteiger partial charge in [-0.05, 0) is 25.7 Å². The summed E-state index contributed by atoms with van der Waals surface area (Å²) in [5, 5.41) is 30.9. The highest BCUT2D eigenvalue weighted by Crippen LogP contribution is 2.04. The van der Waals surface area contributed by atoms with Crippen molar-refractivity contribution in [3.63, 3.8) is 0 Å². The maximum absolute atomic E-state index is 9.72. The second-order valence-electron chi connectivity index (χ2n) is 4.57. The summed E-state index contributed by atoms with van der Waals surface area (Å²) in [5.74, 6) is 0. The van der Waals surface area contributed by atoms with Crippen LogP contribution in [0.1, 0.15) is 25.7 Å². The molecule has 3 N–H and O–H groups in total. The molecule has 20 heavy (non-hydrogen) atoms. The Labute approximate surface area is 137 Å². The Hall–Kier alpha value is 0.760. The smallest absolute Gasteiger partial charge is 0.110 e. The van der Waals surface area contributed by atoms with Gasteiger partial charge in [0.15, 0.2) is 0 Å². The van der Waals surface area contributed by atoms with E-state index in [2.05, 4.69) is 31.9 Å². The normalized spacial score (nSPS) is 16.1. The van der Waals surface area contributed by atoms with Gasteiger partial charge >= 0.3 is 0 Å². The molecular weight excluding hydrogens is 396 g/mol. The summed E-state index contributed by atoms with van der Waals surface area (Å²) in [6.45, 7) is 1.11. The van der Waals surface area contributed by atoms with E-state index < -0.39 is 18.3 Å². The first-order valence-corrected chi connectivity index (χ1v) is 9.19. The van der Waals surface area contributed by atoms with Crippen molar-refractivity contribution in [2.45, 2.75) is 44.0 Å². The summed E-state index contributed by atoms with van der Waals surface area (Å²) in [7, 11) is 0. The number of ether oxygens (including phenoxy) is 2. The summed E-state index contributed by atoms with van der Waals surface area (Å²) < 4.78 is 10.5. The van der Waals surface area contributed by atoms with Gasteiger partial charge in [0.25, 0.3) is 0 Å². The lowest BCUT2D eigenvalue weighted by molar-refractivity contribution is -0.108. The summed E-state index contributed by atoms with van der Waals surface area (Å²) in [6, 6.07) is 0. The molecule has 122 valence electrons. The first-order valence-electron chi connectivity index (χ1n) is 6.95. The summed E-state index contributed by atoms with van der Waals surface area (Å²) in [6.07, 6.45) is 0.357. The minimum absolute atomic E-state index is 0.0180. The molecule has 5 nitrogen and oxygen atoms in total. The van der Waals surface area contributed by atoms with Gasteiger partial charge in [-0.2, -0.15) is 0 Å². The molecule has 0 saturated carbocycles. The second-order valence-corrected chi connectivity index (χ2v) is 6.15. The van der Waals surface area contributed by atoms with Crippen molar-refractivity contribution < 1.29 is 24.8 Å². The number of hydrogen-bond acceptors (Lipinski definition) is 5. The number of halogens is 2. The Morgan fingerprint density at radius 2 is 1.10 bits per heavy atom. The number of hydrogen-bond donors (Lipinski definition) is 3. The van der Waals surface area contributed by atoms with Gasteiger partial charge in [-0.1, -0.05) is 31.9 Å². The molecule has 0 aliphatic rings. The fraction of sp³-hybridized carbons (Fsp3) is 1.00. The number of alkyl halides is 2. The molecule has 0 aromatic rings. The van der Waals surface area contributed by atoms with Crippen molar-refractivity contribution in [3.8, 4) is 0 Å². The standard InChI is InChI=1S/C13H26Br2O5/c14-5-1-3-7-19-9-11(16)13(18)12(17)10-20-8-4-2-6-15/h11-13,16-18H,1-10H2. The van der Waals surface area contributed by atoms with Gasteiger partial charge in [0, 0.05) is 23.9 Å². The van der Waals surface area contributed by atoms with Crippen LogP contribution in [0.5, 0.6) is 0 Å². The van der Waals surface area contributed by atoms with Crippen LogP contribution in [0, 0.1) is 0 Å². The molecule has 0 heterocycles. The Morgan fingerprint density at radius 3 is 1.45 bits per heavy atom. The molecule has 0 aliphatic heterocycles. The first kappa shape index (κ1) is 20.8. The zero-order valence-corrected chi connectivity index (χ0v) is 14.9. The van der Waals surface area contributed by atoms with Crippen LogP contribution in [0.4, 0.5) is 0 Å². The van der Waals surface area contributed by atoms with Gasteiger partial charge in [0.2, 0.25) is 0 Å². The Morgan fingerprint density at radius 1 is 0.700 bits per heavy atom. The molecule has 0 amide bonds. The Bertz CT molecular complexity index is 189. The first-order chi connectivity index (χ1) is 9.63. The average Bonchev–Trinajstić information content (AvgIpc) is 2.45. The molecule has 0 aromatic carbocycles. The highest BCUT2D eigenvalue weighted by atomic mass is 79.9. The van der Waals surface area contributed by atoms with E-state index in [1.807, 2.05) is 0 Å². The molecule has 2 atom stereocenters. The molecule has 0 saturated heterocycles. The number of aliphatic hydroxyl groups is 3. The van der Waals surface area contributed by atoms with Crippen LogP contribution < -0.4 is 0 Å². The van der Waals surface area contributed by atoms with Gasteiger partial charge in [0.1, 0.15) is 18.3 Å². The molecule has 0 radical (unpaired) electrons. The SMILES string of the molecule is OC(COCCCCBr)C(O)C(O)COCCCCBr. The highest BCUT2D eigenvalue weighted by Gasteiger charge is 2.24. The van der Waals surface area contributed by atoms with E-state index in [9.17, 15) is 15.3 Å². The summed E-state index contributed by atoms with van der Waals surface area (Å²) in [4.78, 5) is 0.